The van der Waals surface area contributed by atoms with E-state index in [1.54, 1.807) is 7.05 Å². The Bertz CT molecular complexity index is 480. The van der Waals surface area contributed by atoms with Crippen molar-refractivity contribution in [2.24, 2.45) is 4.99 Å². The summed E-state index contributed by atoms with van der Waals surface area (Å²) >= 11 is 0. The van der Waals surface area contributed by atoms with Crippen LogP contribution >= 0.6 is 0 Å². The Morgan fingerprint density at radius 2 is 1.96 bits per heavy atom. The quantitative estimate of drug-likeness (QED) is 0.493. The van der Waals surface area contributed by atoms with Crippen LogP contribution in [0.1, 0.15) is 19.8 Å². The Kier molecular flexibility index (Phi) is 7.10. The molecule has 2 rings (SSSR count). The Hall–Kier alpha value is -0.860. The van der Waals surface area contributed by atoms with E-state index in [9.17, 15) is 8.42 Å². The monoisotopic (exact) mass is 345 g/mol. The van der Waals surface area contributed by atoms with E-state index in [-0.39, 0.29) is 11.5 Å². The second-order valence-corrected chi connectivity index (χ2v) is 8.60. The maximum atomic E-state index is 11.4. The molecule has 0 bridgehead atoms. The molecule has 2 N–H and O–H groups in total. The number of sulfone groups is 1. The highest BCUT2D eigenvalue weighted by Crippen LogP contribution is 2.15. The van der Waals surface area contributed by atoms with Crippen LogP contribution in [0.5, 0.6) is 0 Å². The summed E-state index contributed by atoms with van der Waals surface area (Å²) in [4.78, 5) is 8.97. The average Bonchev–Trinajstić information content (AvgIpc) is 2.99. The third-order valence-corrected chi connectivity index (χ3v) is 6.40. The van der Waals surface area contributed by atoms with Crippen LogP contribution in [0.2, 0.25) is 0 Å². The molecule has 134 valence electrons. The van der Waals surface area contributed by atoms with Gasteiger partial charge < -0.3 is 10.6 Å². The first-order valence-corrected chi connectivity index (χ1v) is 10.5. The topological polar surface area (TPSA) is 77.0 Å². The van der Waals surface area contributed by atoms with Crippen LogP contribution < -0.4 is 10.6 Å². The molecule has 1 atom stereocenters. The zero-order chi connectivity index (χ0) is 16.7. The highest BCUT2D eigenvalue weighted by atomic mass is 32.2. The molecule has 8 heteroatoms. The van der Waals surface area contributed by atoms with Gasteiger partial charge in [-0.15, -0.1) is 0 Å². The Morgan fingerprint density at radius 3 is 2.61 bits per heavy atom. The molecule has 0 aromatic rings. The van der Waals surface area contributed by atoms with Crippen molar-refractivity contribution in [1.82, 2.24) is 20.4 Å². The molecular weight excluding hydrogens is 314 g/mol. The predicted octanol–water partition coefficient (Wildman–Crippen LogP) is -0.634. The molecule has 0 spiro atoms. The number of nitrogens with one attached hydrogen (secondary N) is 2. The van der Waals surface area contributed by atoms with Gasteiger partial charge >= 0.3 is 0 Å². The minimum Gasteiger partial charge on any atom is -0.355 e. The van der Waals surface area contributed by atoms with E-state index in [2.05, 4.69) is 32.3 Å². The summed E-state index contributed by atoms with van der Waals surface area (Å²) in [6, 6.07) is 0.603. The number of rotatable bonds is 6. The van der Waals surface area contributed by atoms with Crippen LogP contribution in [0.3, 0.4) is 0 Å². The molecule has 7 nitrogen and oxygen atoms in total. The lowest BCUT2D eigenvalue weighted by molar-refractivity contribution is 0.266. The summed E-state index contributed by atoms with van der Waals surface area (Å²) in [5, 5.41) is 6.73. The Labute approximate surface area is 140 Å². The van der Waals surface area contributed by atoms with Gasteiger partial charge in [0.05, 0.1) is 11.5 Å². The molecule has 2 saturated heterocycles. The lowest BCUT2D eigenvalue weighted by Crippen LogP contribution is -2.48. The van der Waals surface area contributed by atoms with Gasteiger partial charge in [0, 0.05) is 45.8 Å². The summed E-state index contributed by atoms with van der Waals surface area (Å²) in [6.45, 7) is 8.36. The number of likely N-dealkylation sites (N-methyl/N-ethyl adjacent to an activating group) is 1. The first kappa shape index (κ1) is 18.5. The Morgan fingerprint density at radius 1 is 1.22 bits per heavy atom. The molecule has 2 aliphatic heterocycles. The fourth-order valence-corrected chi connectivity index (χ4v) is 4.56. The molecule has 1 unspecified atom stereocenters. The van der Waals surface area contributed by atoms with Crippen LogP contribution in [-0.2, 0) is 9.84 Å². The lowest BCUT2D eigenvalue weighted by atomic mass is 10.2. The van der Waals surface area contributed by atoms with Crippen LogP contribution in [0, 0.1) is 0 Å². The summed E-state index contributed by atoms with van der Waals surface area (Å²) in [6.07, 6.45) is 2.53. The molecule has 0 amide bonds. The van der Waals surface area contributed by atoms with E-state index >= 15 is 0 Å². The zero-order valence-electron chi connectivity index (χ0n) is 14.4. The van der Waals surface area contributed by atoms with E-state index in [4.69, 9.17) is 0 Å². The van der Waals surface area contributed by atoms with Gasteiger partial charge in [-0.2, -0.15) is 0 Å². The second-order valence-electron chi connectivity index (χ2n) is 6.30. The van der Waals surface area contributed by atoms with Gasteiger partial charge in [-0.05, 0) is 25.9 Å². The first-order valence-electron chi connectivity index (χ1n) is 8.65. The fraction of sp³-hybridized carbons (Fsp3) is 0.933. The molecule has 0 aromatic heterocycles. The summed E-state index contributed by atoms with van der Waals surface area (Å²) < 4.78 is 22.8. The molecule has 23 heavy (non-hydrogen) atoms. The number of likely N-dealkylation sites (tertiary alicyclic amines) is 1. The highest BCUT2D eigenvalue weighted by Gasteiger charge is 2.23. The zero-order valence-corrected chi connectivity index (χ0v) is 15.2. The number of hydrogen-bond donors (Lipinski definition) is 2. The maximum Gasteiger partial charge on any atom is 0.191 e. The van der Waals surface area contributed by atoms with Crippen molar-refractivity contribution in [3.8, 4) is 0 Å². The van der Waals surface area contributed by atoms with Crippen molar-refractivity contribution in [2.45, 2.75) is 25.8 Å². The van der Waals surface area contributed by atoms with Crippen molar-refractivity contribution in [1.29, 1.82) is 0 Å². The first-order chi connectivity index (χ1) is 11.0. The SMILES string of the molecule is CCN1CCCC1CNC(=NC)NCCN1CCS(=O)(=O)CC1. The normalized spacial score (nSPS) is 26.3. The number of aliphatic imine (C=N–C) groups is 1. The van der Waals surface area contributed by atoms with Crippen LogP contribution in [0.15, 0.2) is 4.99 Å². The molecule has 0 aromatic carbocycles. The van der Waals surface area contributed by atoms with Crippen LogP contribution in [-0.4, -0.2) is 94.6 Å². The van der Waals surface area contributed by atoms with Crippen molar-refractivity contribution in [3.63, 3.8) is 0 Å². The highest BCUT2D eigenvalue weighted by molar-refractivity contribution is 7.91. The number of guanidine groups is 1. The van der Waals surface area contributed by atoms with Gasteiger partial charge in [-0.3, -0.25) is 14.8 Å². The Balaban J connectivity index is 1.63. The third kappa shape index (κ3) is 5.93. The third-order valence-electron chi connectivity index (χ3n) is 4.79. The molecule has 0 saturated carbocycles. The lowest BCUT2D eigenvalue weighted by Gasteiger charge is -2.27. The van der Waals surface area contributed by atoms with Gasteiger partial charge in [-0.1, -0.05) is 6.92 Å². The predicted molar refractivity (Wildman–Crippen MR) is 94.7 cm³/mol. The van der Waals surface area contributed by atoms with Crippen molar-refractivity contribution >= 4 is 15.8 Å². The molecule has 2 aliphatic rings. The van der Waals surface area contributed by atoms with Crippen molar-refractivity contribution in [2.75, 3.05) is 64.4 Å². The minimum absolute atomic E-state index is 0.286. The average molecular weight is 346 g/mol. The summed E-state index contributed by atoms with van der Waals surface area (Å²) in [7, 11) is -1.00. The largest absolute Gasteiger partial charge is 0.355 e. The van der Waals surface area contributed by atoms with Gasteiger partial charge in [0.15, 0.2) is 15.8 Å². The van der Waals surface area contributed by atoms with E-state index < -0.39 is 9.84 Å². The summed E-state index contributed by atoms with van der Waals surface area (Å²) in [5.74, 6) is 1.40. The van der Waals surface area contributed by atoms with Gasteiger partial charge in [-0.25, -0.2) is 8.42 Å². The number of nitrogens with zero attached hydrogens (tertiary/aromatic N) is 3. The van der Waals surface area contributed by atoms with E-state index in [1.165, 1.54) is 19.4 Å². The maximum absolute atomic E-state index is 11.4. The molecular formula is C15H31N5O2S. The molecule has 2 fully saturated rings. The second kappa shape index (κ2) is 8.84. The molecule has 0 aliphatic carbocycles. The fourth-order valence-electron chi connectivity index (χ4n) is 3.28. The van der Waals surface area contributed by atoms with Crippen molar-refractivity contribution in [3.05, 3.63) is 0 Å². The van der Waals surface area contributed by atoms with Crippen molar-refractivity contribution < 1.29 is 8.42 Å². The standard InChI is InChI=1S/C15H31N5O2S/c1-3-20-7-4-5-14(20)13-18-15(16-2)17-6-8-19-9-11-23(21,22)12-10-19/h14H,3-13H2,1-2H3,(H2,16,17,18). The smallest absolute Gasteiger partial charge is 0.191 e. The van der Waals surface area contributed by atoms with Gasteiger partial charge in [0.25, 0.3) is 0 Å². The summed E-state index contributed by atoms with van der Waals surface area (Å²) in [5.41, 5.74) is 0. The van der Waals surface area contributed by atoms with E-state index in [0.29, 0.717) is 19.1 Å². The van der Waals surface area contributed by atoms with E-state index in [1.807, 2.05) is 0 Å². The van der Waals surface area contributed by atoms with Crippen LogP contribution in [0.4, 0.5) is 0 Å². The minimum atomic E-state index is -2.79. The van der Waals surface area contributed by atoms with E-state index in [0.717, 1.165) is 32.1 Å². The van der Waals surface area contributed by atoms with Crippen LogP contribution in [0.25, 0.3) is 0 Å². The molecule has 0 radical (unpaired) electrons. The number of hydrogen-bond acceptors (Lipinski definition) is 5. The van der Waals surface area contributed by atoms with Gasteiger partial charge in [0.2, 0.25) is 0 Å². The van der Waals surface area contributed by atoms with Gasteiger partial charge in [0.1, 0.15) is 0 Å². The molecule has 2 heterocycles.